The van der Waals surface area contributed by atoms with Gasteiger partial charge in [0.1, 0.15) is 11.6 Å². The summed E-state index contributed by atoms with van der Waals surface area (Å²) in [4.78, 5) is 11.2. The molecular weight excluding hydrogens is 347 g/mol. The zero-order chi connectivity index (χ0) is 18.4. The molecule has 0 atom stereocenters. The van der Waals surface area contributed by atoms with Crippen molar-refractivity contribution in [1.82, 2.24) is 4.72 Å². The molecule has 8 heteroatoms. The van der Waals surface area contributed by atoms with Gasteiger partial charge in [0.2, 0.25) is 15.9 Å². The molecule has 0 aliphatic rings. The first-order valence-electron chi connectivity index (χ1n) is 7.51. The van der Waals surface area contributed by atoms with Gasteiger partial charge in [-0.25, -0.2) is 17.5 Å². The Bertz CT molecular complexity index is 851. The highest BCUT2D eigenvalue weighted by Crippen LogP contribution is 2.27. The van der Waals surface area contributed by atoms with Crippen molar-refractivity contribution in [2.75, 3.05) is 19.0 Å². The van der Waals surface area contributed by atoms with Crippen molar-refractivity contribution in [1.29, 1.82) is 0 Å². The van der Waals surface area contributed by atoms with E-state index in [4.69, 9.17) is 4.74 Å². The Morgan fingerprint density at radius 2 is 1.84 bits per heavy atom. The molecule has 0 unspecified atom stereocenters. The van der Waals surface area contributed by atoms with E-state index in [9.17, 15) is 17.6 Å². The maximum Gasteiger partial charge on any atom is 0.240 e. The summed E-state index contributed by atoms with van der Waals surface area (Å²) in [6, 6.07) is 10.1. The quantitative estimate of drug-likeness (QED) is 0.788. The monoisotopic (exact) mass is 366 g/mol. The highest BCUT2D eigenvalue weighted by molar-refractivity contribution is 7.89. The van der Waals surface area contributed by atoms with E-state index in [0.29, 0.717) is 12.2 Å². The van der Waals surface area contributed by atoms with Crippen molar-refractivity contribution in [2.24, 2.45) is 0 Å². The van der Waals surface area contributed by atoms with Crippen LogP contribution >= 0.6 is 0 Å². The lowest BCUT2D eigenvalue weighted by Gasteiger charge is -2.12. The van der Waals surface area contributed by atoms with Gasteiger partial charge in [0.25, 0.3) is 0 Å². The molecule has 0 aromatic heterocycles. The molecule has 2 aromatic carbocycles. The number of ether oxygens (including phenoxy) is 1. The van der Waals surface area contributed by atoms with Gasteiger partial charge >= 0.3 is 0 Å². The maximum atomic E-state index is 12.9. The number of hydrogen-bond acceptors (Lipinski definition) is 4. The minimum atomic E-state index is -3.75. The number of benzene rings is 2. The second-order valence-corrected chi connectivity index (χ2v) is 7.08. The molecule has 25 heavy (non-hydrogen) atoms. The second-order valence-electron chi connectivity index (χ2n) is 5.32. The van der Waals surface area contributed by atoms with Crippen molar-refractivity contribution in [3.8, 4) is 5.75 Å². The summed E-state index contributed by atoms with van der Waals surface area (Å²) in [5, 5.41) is 2.53. The van der Waals surface area contributed by atoms with Crippen molar-refractivity contribution in [3.63, 3.8) is 0 Å². The van der Waals surface area contributed by atoms with Crippen LogP contribution in [0.3, 0.4) is 0 Å². The van der Waals surface area contributed by atoms with Crippen LogP contribution in [0.15, 0.2) is 47.4 Å². The van der Waals surface area contributed by atoms with E-state index in [2.05, 4.69) is 10.0 Å². The summed E-state index contributed by atoms with van der Waals surface area (Å²) in [5.74, 6) is -0.314. The van der Waals surface area contributed by atoms with Crippen LogP contribution < -0.4 is 14.8 Å². The third kappa shape index (κ3) is 5.27. The van der Waals surface area contributed by atoms with Gasteiger partial charge in [0, 0.05) is 13.5 Å². The molecule has 0 spiro atoms. The molecule has 0 saturated heterocycles. The van der Waals surface area contributed by atoms with Crippen LogP contribution in [-0.2, 0) is 21.2 Å². The SMILES string of the molecule is COc1ccc(S(=O)(=O)NCCc2ccc(F)cc2)cc1NC(C)=O. The predicted molar refractivity (Wildman–Crippen MR) is 92.6 cm³/mol. The first-order valence-corrected chi connectivity index (χ1v) is 9.00. The van der Waals surface area contributed by atoms with Gasteiger partial charge in [0.05, 0.1) is 17.7 Å². The Labute approximate surface area is 146 Å². The summed E-state index contributed by atoms with van der Waals surface area (Å²) in [6.45, 7) is 1.48. The Balaban J connectivity index is 2.10. The first kappa shape index (κ1) is 18.9. The highest BCUT2D eigenvalue weighted by Gasteiger charge is 2.16. The van der Waals surface area contributed by atoms with E-state index in [1.165, 1.54) is 44.4 Å². The summed E-state index contributed by atoms with van der Waals surface area (Å²) in [5.41, 5.74) is 1.09. The van der Waals surface area contributed by atoms with Crippen molar-refractivity contribution >= 4 is 21.6 Å². The molecule has 2 aromatic rings. The summed E-state index contributed by atoms with van der Waals surface area (Å²) in [7, 11) is -2.33. The fourth-order valence-corrected chi connectivity index (χ4v) is 3.26. The number of anilines is 1. The van der Waals surface area contributed by atoms with Crippen molar-refractivity contribution in [3.05, 3.63) is 53.8 Å². The Morgan fingerprint density at radius 3 is 2.44 bits per heavy atom. The number of carbonyl (C=O) groups is 1. The lowest BCUT2D eigenvalue weighted by atomic mass is 10.1. The number of halogens is 1. The van der Waals surface area contributed by atoms with Gasteiger partial charge < -0.3 is 10.1 Å². The molecule has 2 rings (SSSR count). The van der Waals surface area contributed by atoms with Crippen molar-refractivity contribution < 1.29 is 22.3 Å². The van der Waals surface area contributed by atoms with Gasteiger partial charge in [-0.15, -0.1) is 0 Å². The van der Waals surface area contributed by atoms with Gasteiger partial charge in [-0.1, -0.05) is 12.1 Å². The fourth-order valence-electron chi connectivity index (χ4n) is 2.21. The average molecular weight is 366 g/mol. The van der Waals surface area contributed by atoms with Gasteiger partial charge in [-0.05, 0) is 42.3 Å². The summed E-state index contributed by atoms with van der Waals surface area (Å²) in [6.07, 6.45) is 0.425. The first-order chi connectivity index (χ1) is 11.8. The molecule has 0 saturated carbocycles. The molecule has 0 bridgehead atoms. The largest absolute Gasteiger partial charge is 0.495 e. The lowest BCUT2D eigenvalue weighted by Crippen LogP contribution is -2.26. The van der Waals surface area contributed by atoms with Crippen LogP contribution in [0.4, 0.5) is 10.1 Å². The van der Waals surface area contributed by atoms with Crippen LogP contribution in [-0.4, -0.2) is 28.0 Å². The van der Waals surface area contributed by atoms with Crippen molar-refractivity contribution in [2.45, 2.75) is 18.2 Å². The standard InChI is InChI=1S/C17H19FN2O4S/c1-12(21)20-16-11-15(7-8-17(16)24-2)25(22,23)19-10-9-13-3-5-14(18)6-4-13/h3-8,11,19H,9-10H2,1-2H3,(H,20,21). The van der Waals surface area contributed by atoms with E-state index in [1.807, 2.05) is 0 Å². The van der Waals surface area contributed by atoms with E-state index in [0.717, 1.165) is 5.56 Å². The van der Waals surface area contributed by atoms with Crippen LogP contribution in [0, 0.1) is 5.82 Å². The molecule has 6 nitrogen and oxygen atoms in total. The number of methoxy groups -OCH3 is 1. The summed E-state index contributed by atoms with van der Waals surface area (Å²) < 4.78 is 45.2. The van der Waals surface area contributed by atoms with E-state index in [-0.39, 0.29) is 28.9 Å². The average Bonchev–Trinajstić information content (AvgIpc) is 2.56. The second kappa shape index (κ2) is 8.09. The number of nitrogens with one attached hydrogen (secondary N) is 2. The Kier molecular flexibility index (Phi) is 6.11. The molecule has 0 aliphatic carbocycles. The smallest absolute Gasteiger partial charge is 0.240 e. The third-order valence-corrected chi connectivity index (χ3v) is 4.87. The molecule has 0 aliphatic heterocycles. The molecule has 134 valence electrons. The predicted octanol–water partition coefficient (Wildman–Crippen LogP) is 2.31. The molecular formula is C17H19FN2O4S. The number of rotatable bonds is 7. The molecule has 0 heterocycles. The van der Waals surface area contributed by atoms with Crippen LogP contribution in [0.25, 0.3) is 0 Å². The fraction of sp³-hybridized carbons (Fsp3) is 0.235. The number of carbonyl (C=O) groups excluding carboxylic acids is 1. The Hall–Kier alpha value is -2.45. The highest BCUT2D eigenvalue weighted by atomic mass is 32.2. The molecule has 0 fully saturated rings. The van der Waals surface area contributed by atoms with Gasteiger partial charge in [-0.3, -0.25) is 4.79 Å². The topological polar surface area (TPSA) is 84.5 Å². The third-order valence-electron chi connectivity index (χ3n) is 3.41. The van der Waals surface area contributed by atoms with E-state index in [1.54, 1.807) is 12.1 Å². The van der Waals surface area contributed by atoms with E-state index >= 15 is 0 Å². The van der Waals surface area contributed by atoms with E-state index < -0.39 is 10.0 Å². The van der Waals surface area contributed by atoms with Gasteiger partial charge in [-0.2, -0.15) is 0 Å². The van der Waals surface area contributed by atoms with Crippen LogP contribution in [0.2, 0.25) is 0 Å². The van der Waals surface area contributed by atoms with Crippen LogP contribution in [0.5, 0.6) is 5.75 Å². The van der Waals surface area contributed by atoms with Gasteiger partial charge in [0.15, 0.2) is 0 Å². The minimum absolute atomic E-state index is 0.0103. The zero-order valence-corrected chi connectivity index (χ0v) is 14.7. The molecule has 2 N–H and O–H groups in total. The zero-order valence-electron chi connectivity index (χ0n) is 13.9. The minimum Gasteiger partial charge on any atom is -0.495 e. The summed E-state index contributed by atoms with van der Waals surface area (Å²) >= 11 is 0. The number of hydrogen-bond donors (Lipinski definition) is 2. The number of sulfonamides is 1. The normalized spacial score (nSPS) is 11.2. The number of amides is 1. The maximum absolute atomic E-state index is 12.9. The Morgan fingerprint density at radius 1 is 1.16 bits per heavy atom. The molecule has 1 amide bonds. The lowest BCUT2D eigenvalue weighted by molar-refractivity contribution is -0.114. The van der Waals surface area contributed by atoms with Crippen LogP contribution in [0.1, 0.15) is 12.5 Å². The molecule has 0 radical (unpaired) electrons.